The van der Waals surface area contributed by atoms with Crippen LogP contribution in [-0.2, 0) is 30.7 Å². The van der Waals surface area contributed by atoms with Crippen molar-refractivity contribution in [2.24, 2.45) is 10.3 Å². The van der Waals surface area contributed by atoms with Crippen molar-refractivity contribution in [3.05, 3.63) is 77.0 Å². The smallest absolute Gasteiger partial charge is 0.360 e. The number of carbonyl (C=O) groups is 1. The molecular formula is C25H31N3O6. The number of oxime groups is 2. The average Bonchev–Trinajstić information content (AvgIpc) is 2.85. The summed E-state index contributed by atoms with van der Waals surface area (Å²) in [6.45, 7) is 8.78. The molecule has 0 saturated heterocycles. The Morgan fingerprint density at radius 2 is 1.71 bits per heavy atom. The lowest BCUT2D eigenvalue weighted by atomic mass is 10.0. The number of nitrogens with zero attached hydrogens (tertiary/aromatic N) is 2. The number of hydrogen-bond acceptors (Lipinski definition) is 9. The second-order valence-electron chi connectivity index (χ2n) is 7.09. The van der Waals surface area contributed by atoms with Crippen LogP contribution < -0.4 is 10.2 Å². The van der Waals surface area contributed by atoms with E-state index in [2.05, 4.69) is 29.3 Å². The first-order chi connectivity index (χ1) is 16.5. The van der Waals surface area contributed by atoms with Crippen molar-refractivity contribution >= 4 is 17.4 Å². The van der Waals surface area contributed by atoms with Crippen LogP contribution in [0.5, 0.6) is 5.75 Å². The Kier molecular flexibility index (Phi) is 10.6. The SMILES string of the molecule is C=C(NOCc1ccccc1C(=NOC)C(=O)OC)C(=NOC)c1ccc(OCCC)cc1C. The molecule has 9 heteroatoms. The third-order valence-corrected chi connectivity index (χ3v) is 4.65. The monoisotopic (exact) mass is 469 g/mol. The second kappa shape index (κ2) is 13.6. The van der Waals surface area contributed by atoms with Crippen LogP contribution in [-0.4, -0.2) is 45.3 Å². The minimum Gasteiger partial charge on any atom is -0.494 e. The maximum atomic E-state index is 12.1. The van der Waals surface area contributed by atoms with E-state index < -0.39 is 5.97 Å². The van der Waals surface area contributed by atoms with Crippen LogP contribution in [0.25, 0.3) is 0 Å². The van der Waals surface area contributed by atoms with Gasteiger partial charge in [-0.2, -0.15) is 0 Å². The van der Waals surface area contributed by atoms with Crippen LogP contribution in [0.2, 0.25) is 0 Å². The third kappa shape index (κ3) is 7.08. The molecule has 0 aromatic heterocycles. The summed E-state index contributed by atoms with van der Waals surface area (Å²) in [5, 5.41) is 7.91. The van der Waals surface area contributed by atoms with Gasteiger partial charge in [0.2, 0.25) is 0 Å². The van der Waals surface area contributed by atoms with Crippen molar-refractivity contribution < 1.29 is 28.8 Å². The molecule has 1 N–H and O–H groups in total. The van der Waals surface area contributed by atoms with Crippen molar-refractivity contribution in [1.82, 2.24) is 5.48 Å². The van der Waals surface area contributed by atoms with E-state index in [0.717, 1.165) is 23.3 Å². The van der Waals surface area contributed by atoms with Crippen molar-refractivity contribution in [3.8, 4) is 5.75 Å². The van der Waals surface area contributed by atoms with E-state index >= 15 is 0 Å². The predicted octanol–water partition coefficient (Wildman–Crippen LogP) is 3.89. The van der Waals surface area contributed by atoms with E-state index in [-0.39, 0.29) is 12.3 Å². The minimum atomic E-state index is -0.622. The van der Waals surface area contributed by atoms with E-state index in [1.54, 1.807) is 18.2 Å². The summed E-state index contributed by atoms with van der Waals surface area (Å²) in [5.41, 5.74) is 6.67. The summed E-state index contributed by atoms with van der Waals surface area (Å²) in [4.78, 5) is 27.6. The number of ether oxygens (including phenoxy) is 2. The fraction of sp³-hybridized carbons (Fsp3) is 0.320. The highest BCUT2D eigenvalue weighted by Gasteiger charge is 2.19. The average molecular weight is 470 g/mol. The number of esters is 1. The normalized spacial score (nSPS) is 11.6. The predicted molar refractivity (Wildman–Crippen MR) is 130 cm³/mol. The summed E-state index contributed by atoms with van der Waals surface area (Å²) in [5.74, 6) is 0.161. The molecule has 2 rings (SSSR count). The van der Waals surface area contributed by atoms with Crippen LogP contribution in [0.4, 0.5) is 0 Å². The highest BCUT2D eigenvalue weighted by atomic mass is 16.6. The highest BCUT2D eigenvalue weighted by Crippen LogP contribution is 2.20. The lowest BCUT2D eigenvalue weighted by Gasteiger charge is -2.16. The largest absolute Gasteiger partial charge is 0.494 e. The fourth-order valence-corrected chi connectivity index (χ4v) is 3.08. The minimum absolute atomic E-state index is 0.0330. The maximum absolute atomic E-state index is 12.1. The number of aryl methyl sites for hydroxylation is 1. The summed E-state index contributed by atoms with van der Waals surface area (Å²) < 4.78 is 10.5. The topological polar surface area (TPSA) is 100.0 Å². The number of hydrogen-bond donors (Lipinski definition) is 1. The molecule has 182 valence electrons. The first-order valence-corrected chi connectivity index (χ1v) is 10.7. The molecular weight excluding hydrogens is 438 g/mol. The van der Waals surface area contributed by atoms with Gasteiger partial charge in [0, 0.05) is 11.1 Å². The molecule has 0 atom stereocenters. The molecule has 2 aromatic carbocycles. The van der Waals surface area contributed by atoms with Gasteiger partial charge in [-0.05, 0) is 42.7 Å². The summed E-state index contributed by atoms with van der Waals surface area (Å²) in [6, 6.07) is 12.8. The van der Waals surface area contributed by atoms with Gasteiger partial charge in [0.25, 0.3) is 0 Å². The van der Waals surface area contributed by atoms with Crippen LogP contribution in [0.3, 0.4) is 0 Å². The van der Waals surface area contributed by atoms with Crippen LogP contribution in [0.15, 0.2) is 65.1 Å². The van der Waals surface area contributed by atoms with Gasteiger partial charge in [-0.25, -0.2) is 4.79 Å². The summed E-state index contributed by atoms with van der Waals surface area (Å²) in [6.07, 6.45) is 0.927. The number of allylic oxidation sites excluding steroid dienone is 1. The number of hydroxylamine groups is 1. The van der Waals surface area contributed by atoms with Gasteiger partial charge in [-0.3, -0.25) is 10.3 Å². The quantitative estimate of drug-likeness (QED) is 0.270. The molecule has 0 fully saturated rings. The zero-order valence-corrected chi connectivity index (χ0v) is 20.2. The molecule has 0 aliphatic heterocycles. The lowest BCUT2D eigenvalue weighted by molar-refractivity contribution is -0.132. The Hall–Kier alpha value is -3.85. The Morgan fingerprint density at radius 3 is 2.35 bits per heavy atom. The zero-order chi connectivity index (χ0) is 24.9. The number of benzene rings is 2. The molecule has 9 nitrogen and oxygen atoms in total. The molecule has 0 heterocycles. The Morgan fingerprint density at radius 1 is 1.00 bits per heavy atom. The van der Waals surface area contributed by atoms with Gasteiger partial charge >= 0.3 is 5.97 Å². The molecule has 0 spiro atoms. The third-order valence-electron chi connectivity index (χ3n) is 4.65. The van der Waals surface area contributed by atoms with E-state index in [0.29, 0.717) is 29.1 Å². The summed E-state index contributed by atoms with van der Waals surface area (Å²) >= 11 is 0. The molecule has 0 aliphatic rings. The Labute approximate surface area is 199 Å². The van der Waals surface area contributed by atoms with Gasteiger partial charge < -0.3 is 19.1 Å². The molecule has 0 bridgehead atoms. The molecule has 0 saturated carbocycles. The van der Waals surface area contributed by atoms with Crippen molar-refractivity contribution in [1.29, 1.82) is 0 Å². The Balaban J connectivity index is 2.16. The fourth-order valence-electron chi connectivity index (χ4n) is 3.08. The van der Waals surface area contributed by atoms with Gasteiger partial charge in [-0.15, -0.1) is 0 Å². The van der Waals surface area contributed by atoms with Crippen molar-refractivity contribution in [2.75, 3.05) is 27.9 Å². The standard InChI is InChI=1S/C25H31N3O6/c1-7-14-33-20-12-13-21(17(2)15-20)23(27-31-5)18(3)26-34-16-19-10-8-9-11-22(19)24(28-32-6)25(29)30-4/h8-13,15,26H,3,7,14,16H2,1-2,4-6H3. The maximum Gasteiger partial charge on any atom is 0.360 e. The first kappa shape index (κ1) is 26.4. The number of carbonyl (C=O) groups excluding carboxylic acids is 1. The van der Waals surface area contributed by atoms with Crippen molar-refractivity contribution in [3.63, 3.8) is 0 Å². The molecule has 0 radical (unpaired) electrons. The lowest BCUT2D eigenvalue weighted by Crippen LogP contribution is -2.23. The zero-order valence-electron chi connectivity index (χ0n) is 20.2. The van der Waals surface area contributed by atoms with E-state index in [1.807, 2.05) is 31.2 Å². The van der Waals surface area contributed by atoms with E-state index in [4.69, 9.17) is 24.0 Å². The van der Waals surface area contributed by atoms with Crippen molar-refractivity contribution in [2.45, 2.75) is 26.9 Å². The number of nitrogens with one attached hydrogen (secondary N) is 1. The molecule has 0 unspecified atom stereocenters. The highest BCUT2D eigenvalue weighted by molar-refractivity contribution is 6.43. The van der Waals surface area contributed by atoms with Gasteiger partial charge in [0.1, 0.15) is 32.3 Å². The Bertz CT molecular complexity index is 1050. The number of rotatable bonds is 13. The van der Waals surface area contributed by atoms with E-state index in [1.165, 1.54) is 21.3 Å². The van der Waals surface area contributed by atoms with Crippen LogP contribution >= 0.6 is 0 Å². The first-order valence-electron chi connectivity index (χ1n) is 10.7. The molecule has 34 heavy (non-hydrogen) atoms. The molecule has 2 aromatic rings. The van der Waals surface area contributed by atoms with Gasteiger partial charge in [0.05, 0.1) is 19.4 Å². The summed E-state index contributed by atoms with van der Waals surface area (Å²) in [7, 11) is 4.09. The van der Waals surface area contributed by atoms with Crippen LogP contribution in [0.1, 0.15) is 35.6 Å². The second-order valence-corrected chi connectivity index (χ2v) is 7.09. The van der Waals surface area contributed by atoms with Crippen LogP contribution in [0, 0.1) is 6.92 Å². The van der Waals surface area contributed by atoms with Gasteiger partial charge in [0.15, 0.2) is 5.71 Å². The molecule has 0 aliphatic carbocycles. The molecule has 0 amide bonds. The van der Waals surface area contributed by atoms with E-state index in [9.17, 15) is 4.79 Å². The number of methoxy groups -OCH3 is 1. The van der Waals surface area contributed by atoms with Gasteiger partial charge in [-0.1, -0.05) is 48.1 Å².